The Morgan fingerprint density at radius 3 is 2.54 bits per heavy atom. The van der Waals surface area contributed by atoms with E-state index in [2.05, 4.69) is 5.32 Å². The van der Waals surface area contributed by atoms with Crippen molar-refractivity contribution in [2.24, 2.45) is 0 Å². The van der Waals surface area contributed by atoms with Crippen molar-refractivity contribution < 1.29 is 14.3 Å². The van der Waals surface area contributed by atoms with Crippen LogP contribution in [-0.2, 0) is 6.54 Å². The van der Waals surface area contributed by atoms with Crippen LogP contribution in [-0.4, -0.2) is 20.1 Å². The van der Waals surface area contributed by atoms with Crippen LogP contribution < -0.4 is 14.8 Å². The van der Waals surface area contributed by atoms with Crippen molar-refractivity contribution in [3.05, 3.63) is 57.9 Å². The van der Waals surface area contributed by atoms with Crippen molar-refractivity contribution in [2.45, 2.75) is 6.54 Å². The number of benzene rings is 2. The summed E-state index contributed by atoms with van der Waals surface area (Å²) in [5.74, 6) is 1.20. The second kappa shape index (κ2) is 7.11. The van der Waals surface area contributed by atoms with Crippen LogP contribution in [0.2, 0.25) is 5.02 Å². The first-order valence-corrected chi connectivity index (χ1v) is 8.49. The molecule has 1 aromatic heterocycles. The molecule has 0 radical (unpaired) electrons. The Bertz CT molecular complexity index is 874. The Morgan fingerprint density at radius 2 is 1.88 bits per heavy atom. The number of rotatable bonds is 5. The summed E-state index contributed by atoms with van der Waals surface area (Å²) in [4.78, 5) is 13.1. The summed E-state index contributed by atoms with van der Waals surface area (Å²) in [6.45, 7) is 0.432. The lowest BCUT2D eigenvalue weighted by molar-refractivity contribution is 0.0952. The molecule has 0 saturated carbocycles. The molecule has 2 aromatic carbocycles. The highest BCUT2D eigenvalue weighted by atomic mass is 35.5. The largest absolute Gasteiger partial charge is 0.497 e. The summed E-state index contributed by atoms with van der Waals surface area (Å²) in [6.07, 6.45) is 0. The predicted molar refractivity (Wildman–Crippen MR) is 97.6 cm³/mol. The molecule has 3 rings (SSSR count). The monoisotopic (exact) mass is 361 g/mol. The van der Waals surface area contributed by atoms with E-state index >= 15 is 0 Å². The van der Waals surface area contributed by atoms with Crippen molar-refractivity contribution in [1.29, 1.82) is 0 Å². The van der Waals surface area contributed by atoms with E-state index in [4.69, 9.17) is 21.1 Å². The van der Waals surface area contributed by atoms with Gasteiger partial charge in [-0.15, -0.1) is 11.3 Å². The fourth-order valence-electron chi connectivity index (χ4n) is 2.40. The zero-order valence-electron chi connectivity index (χ0n) is 13.3. The number of fused-ring (bicyclic) bond motifs is 1. The van der Waals surface area contributed by atoms with Gasteiger partial charge < -0.3 is 14.8 Å². The molecule has 24 heavy (non-hydrogen) atoms. The molecule has 0 bridgehead atoms. The van der Waals surface area contributed by atoms with Gasteiger partial charge in [0.15, 0.2) is 0 Å². The van der Waals surface area contributed by atoms with Gasteiger partial charge in [0.25, 0.3) is 5.91 Å². The van der Waals surface area contributed by atoms with Crippen LogP contribution in [0.3, 0.4) is 0 Å². The minimum Gasteiger partial charge on any atom is -0.497 e. The summed E-state index contributed by atoms with van der Waals surface area (Å²) < 4.78 is 11.5. The van der Waals surface area contributed by atoms with E-state index in [9.17, 15) is 4.79 Å². The lowest BCUT2D eigenvalue weighted by Gasteiger charge is -2.07. The second-order valence-corrected chi connectivity index (χ2v) is 6.62. The third-order valence-electron chi connectivity index (χ3n) is 3.63. The van der Waals surface area contributed by atoms with E-state index in [-0.39, 0.29) is 5.91 Å². The number of thiophene rings is 1. The number of hydrogen-bond acceptors (Lipinski definition) is 4. The number of carbonyl (C=O) groups excluding carboxylic acids is 1. The summed E-state index contributed by atoms with van der Waals surface area (Å²) >= 11 is 7.39. The van der Waals surface area contributed by atoms with Gasteiger partial charge in [0.1, 0.15) is 16.4 Å². The Hall–Kier alpha value is -2.24. The van der Waals surface area contributed by atoms with Crippen molar-refractivity contribution >= 4 is 38.9 Å². The molecule has 0 aliphatic heterocycles. The van der Waals surface area contributed by atoms with Gasteiger partial charge in [0.05, 0.1) is 14.2 Å². The fourth-order valence-corrected chi connectivity index (χ4v) is 3.77. The molecule has 6 heteroatoms. The lowest BCUT2D eigenvalue weighted by atomic mass is 10.2. The Balaban J connectivity index is 1.80. The van der Waals surface area contributed by atoms with E-state index in [1.165, 1.54) is 11.3 Å². The summed E-state index contributed by atoms with van der Waals surface area (Å²) in [7, 11) is 3.19. The first-order valence-electron chi connectivity index (χ1n) is 7.29. The number of amides is 1. The normalized spacial score (nSPS) is 10.6. The van der Waals surface area contributed by atoms with Crippen molar-refractivity contribution in [2.75, 3.05) is 14.2 Å². The Labute approximate surface area is 149 Å². The van der Waals surface area contributed by atoms with Crippen LogP contribution in [0.5, 0.6) is 11.5 Å². The third kappa shape index (κ3) is 3.32. The quantitative estimate of drug-likeness (QED) is 0.727. The molecule has 124 valence electrons. The zero-order chi connectivity index (χ0) is 17.1. The van der Waals surface area contributed by atoms with E-state index in [1.807, 2.05) is 36.4 Å². The SMILES string of the molecule is COc1ccc(CNC(=O)c2sc3cc(Cl)ccc3c2OC)cc1. The van der Waals surface area contributed by atoms with Crippen LogP contribution in [0.1, 0.15) is 15.2 Å². The molecule has 0 saturated heterocycles. The highest BCUT2D eigenvalue weighted by molar-refractivity contribution is 7.21. The molecule has 0 aliphatic carbocycles. The van der Waals surface area contributed by atoms with E-state index in [0.717, 1.165) is 21.4 Å². The number of carbonyl (C=O) groups is 1. The number of nitrogens with one attached hydrogen (secondary N) is 1. The van der Waals surface area contributed by atoms with Gasteiger partial charge in [-0.05, 0) is 35.9 Å². The van der Waals surface area contributed by atoms with Gasteiger partial charge in [-0.2, -0.15) is 0 Å². The summed E-state index contributed by atoms with van der Waals surface area (Å²) in [5, 5.41) is 4.45. The van der Waals surface area contributed by atoms with Gasteiger partial charge in [-0.1, -0.05) is 23.7 Å². The van der Waals surface area contributed by atoms with E-state index < -0.39 is 0 Å². The highest BCUT2D eigenvalue weighted by Crippen LogP contribution is 2.38. The van der Waals surface area contributed by atoms with Gasteiger partial charge in [0.2, 0.25) is 0 Å². The number of methoxy groups -OCH3 is 2. The van der Waals surface area contributed by atoms with E-state index in [0.29, 0.717) is 22.2 Å². The molecule has 0 fully saturated rings. The molecule has 0 atom stereocenters. The van der Waals surface area contributed by atoms with Crippen molar-refractivity contribution in [3.63, 3.8) is 0 Å². The van der Waals surface area contributed by atoms with Gasteiger partial charge >= 0.3 is 0 Å². The summed E-state index contributed by atoms with van der Waals surface area (Å²) in [5.41, 5.74) is 0.993. The standard InChI is InChI=1S/C18H16ClNO3S/c1-22-13-6-3-11(4-7-13)10-20-18(21)17-16(23-2)14-8-5-12(19)9-15(14)24-17/h3-9H,10H2,1-2H3,(H,20,21). The fraction of sp³-hybridized carbons (Fsp3) is 0.167. The molecule has 3 aromatic rings. The zero-order valence-corrected chi connectivity index (χ0v) is 14.8. The predicted octanol–water partition coefficient (Wildman–Crippen LogP) is 4.50. The second-order valence-electron chi connectivity index (χ2n) is 5.14. The first-order chi connectivity index (χ1) is 11.6. The smallest absolute Gasteiger partial charge is 0.265 e. The maximum atomic E-state index is 12.5. The molecule has 4 nitrogen and oxygen atoms in total. The Kier molecular flexibility index (Phi) is 4.92. The molecule has 1 N–H and O–H groups in total. The van der Waals surface area contributed by atoms with Crippen LogP contribution in [0.4, 0.5) is 0 Å². The highest BCUT2D eigenvalue weighted by Gasteiger charge is 2.19. The maximum absolute atomic E-state index is 12.5. The molecule has 1 heterocycles. The van der Waals surface area contributed by atoms with Crippen molar-refractivity contribution in [3.8, 4) is 11.5 Å². The number of hydrogen-bond donors (Lipinski definition) is 1. The maximum Gasteiger partial charge on any atom is 0.265 e. The van der Waals surface area contributed by atoms with Crippen LogP contribution in [0, 0.1) is 0 Å². The molecule has 0 aliphatic rings. The molecular formula is C18H16ClNO3S. The molecule has 1 amide bonds. The molecule has 0 spiro atoms. The average molecular weight is 362 g/mol. The number of ether oxygens (including phenoxy) is 2. The van der Waals surface area contributed by atoms with E-state index in [1.54, 1.807) is 20.3 Å². The third-order valence-corrected chi connectivity index (χ3v) is 5.00. The molecule has 0 unspecified atom stereocenters. The lowest BCUT2D eigenvalue weighted by Crippen LogP contribution is -2.22. The Morgan fingerprint density at radius 1 is 1.12 bits per heavy atom. The minimum atomic E-state index is -0.167. The summed E-state index contributed by atoms with van der Waals surface area (Å²) in [6, 6.07) is 13.1. The topological polar surface area (TPSA) is 47.6 Å². The van der Waals surface area contributed by atoms with Gasteiger partial charge in [-0.25, -0.2) is 0 Å². The average Bonchev–Trinajstić information content (AvgIpc) is 2.97. The minimum absolute atomic E-state index is 0.167. The van der Waals surface area contributed by atoms with Gasteiger partial charge in [0, 0.05) is 21.7 Å². The van der Waals surface area contributed by atoms with Gasteiger partial charge in [-0.3, -0.25) is 4.79 Å². The van der Waals surface area contributed by atoms with Crippen LogP contribution in [0.25, 0.3) is 10.1 Å². The van der Waals surface area contributed by atoms with Crippen LogP contribution in [0.15, 0.2) is 42.5 Å². The number of halogens is 1. The molecular weight excluding hydrogens is 346 g/mol. The van der Waals surface area contributed by atoms with Crippen molar-refractivity contribution in [1.82, 2.24) is 5.32 Å². The first kappa shape index (κ1) is 16.6. The van der Waals surface area contributed by atoms with Crippen LogP contribution >= 0.6 is 22.9 Å².